The maximum absolute atomic E-state index is 12.8. The molecule has 7 heteroatoms. The van der Waals surface area contributed by atoms with Gasteiger partial charge in [-0.25, -0.2) is 4.79 Å². The van der Waals surface area contributed by atoms with Gasteiger partial charge in [0, 0.05) is 10.4 Å². The zero-order valence-electron chi connectivity index (χ0n) is 13.4. The second-order valence-corrected chi connectivity index (χ2v) is 8.94. The number of thioether (sulfide) groups is 1. The van der Waals surface area contributed by atoms with E-state index in [0.717, 1.165) is 0 Å². The van der Waals surface area contributed by atoms with E-state index in [0.29, 0.717) is 15.7 Å². The molecule has 0 aliphatic carbocycles. The van der Waals surface area contributed by atoms with Crippen molar-refractivity contribution in [1.29, 1.82) is 5.26 Å². The summed E-state index contributed by atoms with van der Waals surface area (Å²) in [6, 6.07) is 6.39. The normalized spacial score (nSPS) is 23.0. The van der Waals surface area contributed by atoms with Crippen molar-refractivity contribution in [1.82, 2.24) is 4.90 Å². The largest absolute Gasteiger partial charge is 0.323 e. The van der Waals surface area contributed by atoms with Crippen LogP contribution in [0.1, 0.15) is 27.7 Å². The number of carbonyl (C=O) groups excluding carboxylic acids is 1. The molecule has 0 bridgehead atoms. The summed E-state index contributed by atoms with van der Waals surface area (Å²) in [5.74, 6) is 0.234. The molecule has 1 fully saturated rings. The van der Waals surface area contributed by atoms with Crippen molar-refractivity contribution >= 4 is 46.7 Å². The van der Waals surface area contributed by atoms with Gasteiger partial charge in [-0.1, -0.05) is 37.0 Å². The van der Waals surface area contributed by atoms with Crippen molar-refractivity contribution in [2.75, 3.05) is 5.32 Å². The van der Waals surface area contributed by atoms with Crippen molar-refractivity contribution in [2.24, 2.45) is 5.92 Å². The minimum atomic E-state index is -0.498. The number of nitrogens with zero attached hydrogens (tertiary/aromatic N) is 2. The fourth-order valence-electron chi connectivity index (χ4n) is 2.58. The first-order chi connectivity index (χ1) is 10.7. The van der Waals surface area contributed by atoms with Gasteiger partial charge in [-0.15, -0.1) is 11.8 Å². The van der Waals surface area contributed by atoms with Crippen LogP contribution >= 0.6 is 35.0 Å². The highest BCUT2D eigenvalue weighted by Crippen LogP contribution is 2.46. The first-order valence-corrected chi connectivity index (χ1v) is 8.92. The smallest absolute Gasteiger partial charge is 0.308 e. The molecule has 0 radical (unpaired) electrons. The summed E-state index contributed by atoms with van der Waals surface area (Å²) in [5.41, 5.74) is 0.554. The SMILES string of the molecule is CC(C)C1SC(C)(C)C(C#N)N1C(=O)Nc1ccc(Cl)c(Cl)c1. The summed E-state index contributed by atoms with van der Waals surface area (Å²) >= 11 is 13.5. The van der Waals surface area contributed by atoms with Crippen LogP contribution in [0.15, 0.2) is 18.2 Å². The number of amides is 2. The molecule has 2 atom stereocenters. The Hall–Kier alpha value is -1.09. The lowest BCUT2D eigenvalue weighted by Crippen LogP contribution is -2.48. The Morgan fingerprint density at radius 3 is 2.57 bits per heavy atom. The molecule has 2 unspecified atom stereocenters. The Morgan fingerprint density at radius 2 is 2.04 bits per heavy atom. The average molecular weight is 372 g/mol. The van der Waals surface area contributed by atoms with Gasteiger partial charge in [0.15, 0.2) is 0 Å². The average Bonchev–Trinajstić information content (AvgIpc) is 2.74. The maximum atomic E-state index is 12.8. The third-order valence-corrected chi connectivity index (χ3v) is 6.32. The predicted octanol–water partition coefficient (Wildman–Crippen LogP) is 5.23. The molecule has 1 heterocycles. The number of rotatable bonds is 2. The molecule has 1 aromatic rings. The van der Waals surface area contributed by atoms with Crippen LogP contribution in [0.4, 0.5) is 10.5 Å². The van der Waals surface area contributed by atoms with Crippen molar-refractivity contribution in [3.63, 3.8) is 0 Å². The van der Waals surface area contributed by atoms with Gasteiger partial charge in [-0.2, -0.15) is 5.26 Å². The van der Waals surface area contributed by atoms with Crippen molar-refractivity contribution in [3.05, 3.63) is 28.2 Å². The first kappa shape index (κ1) is 18.3. The molecule has 0 aromatic heterocycles. The lowest BCUT2D eigenvalue weighted by molar-refractivity contribution is 0.184. The Kier molecular flexibility index (Phi) is 5.40. The number of urea groups is 1. The van der Waals surface area contributed by atoms with Gasteiger partial charge >= 0.3 is 6.03 Å². The van der Waals surface area contributed by atoms with E-state index in [1.54, 1.807) is 34.9 Å². The van der Waals surface area contributed by atoms with Gasteiger partial charge in [0.1, 0.15) is 6.04 Å². The lowest BCUT2D eigenvalue weighted by Gasteiger charge is -2.29. The molecule has 0 spiro atoms. The van der Waals surface area contributed by atoms with Crippen LogP contribution in [-0.4, -0.2) is 27.1 Å². The van der Waals surface area contributed by atoms with Crippen molar-refractivity contribution in [2.45, 2.75) is 43.9 Å². The fraction of sp³-hybridized carbons (Fsp3) is 0.500. The summed E-state index contributed by atoms with van der Waals surface area (Å²) in [7, 11) is 0. The molecular formula is C16H19Cl2N3OS. The number of anilines is 1. The lowest BCUT2D eigenvalue weighted by atomic mass is 10.0. The Labute approximate surface area is 151 Å². The number of benzene rings is 1. The van der Waals surface area contributed by atoms with Gasteiger partial charge < -0.3 is 5.32 Å². The molecule has 1 N–H and O–H groups in total. The molecule has 2 amide bonds. The van der Waals surface area contributed by atoms with Gasteiger partial charge in [0.2, 0.25) is 0 Å². The van der Waals surface area contributed by atoms with Crippen LogP contribution in [0.3, 0.4) is 0 Å². The molecule has 4 nitrogen and oxygen atoms in total. The van der Waals surface area contributed by atoms with Crippen LogP contribution < -0.4 is 5.32 Å². The predicted molar refractivity (Wildman–Crippen MR) is 97.0 cm³/mol. The molecular weight excluding hydrogens is 353 g/mol. The zero-order valence-corrected chi connectivity index (χ0v) is 15.8. The van der Waals surface area contributed by atoms with E-state index in [9.17, 15) is 10.1 Å². The van der Waals surface area contributed by atoms with Gasteiger partial charge in [0.25, 0.3) is 0 Å². The van der Waals surface area contributed by atoms with Crippen LogP contribution in [0.5, 0.6) is 0 Å². The van der Waals surface area contributed by atoms with Gasteiger partial charge in [-0.3, -0.25) is 4.90 Å². The summed E-state index contributed by atoms with van der Waals surface area (Å²) in [6.45, 7) is 8.08. The summed E-state index contributed by atoms with van der Waals surface area (Å²) in [4.78, 5) is 14.4. The molecule has 124 valence electrons. The highest BCUT2D eigenvalue weighted by atomic mass is 35.5. The third-order valence-electron chi connectivity index (χ3n) is 3.73. The van der Waals surface area contributed by atoms with Gasteiger partial charge in [0.05, 0.1) is 21.5 Å². The van der Waals surface area contributed by atoms with E-state index < -0.39 is 6.04 Å². The highest BCUT2D eigenvalue weighted by molar-refractivity contribution is 8.01. The van der Waals surface area contributed by atoms with E-state index in [-0.39, 0.29) is 22.1 Å². The van der Waals surface area contributed by atoms with Crippen LogP contribution in [0, 0.1) is 17.2 Å². The standard InChI is InChI=1S/C16H19Cl2N3OS/c1-9(2)14-21(13(8-19)16(3,4)23-14)15(22)20-10-5-6-11(17)12(18)7-10/h5-7,9,13-14H,1-4H3,(H,20,22). The third kappa shape index (κ3) is 3.71. The molecule has 23 heavy (non-hydrogen) atoms. The zero-order chi connectivity index (χ0) is 17.4. The quantitative estimate of drug-likeness (QED) is 0.774. The highest BCUT2D eigenvalue weighted by Gasteiger charge is 2.50. The number of halogens is 2. The fourth-order valence-corrected chi connectivity index (χ4v) is 4.40. The molecule has 0 saturated carbocycles. The van der Waals surface area contributed by atoms with E-state index in [4.69, 9.17) is 23.2 Å². The second kappa shape index (κ2) is 6.80. The van der Waals surface area contributed by atoms with E-state index in [2.05, 4.69) is 11.4 Å². The minimum absolute atomic E-state index is 0.0579. The van der Waals surface area contributed by atoms with Crippen molar-refractivity contribution in [3.8, 4) is 6.07 Å². The van der Waals surface area contributed by atoms with Crippen LogP contribution in [0.25, 0.3) is 0 Å². The van der Waals surface area contributed by atoms with Gasteiger partial charge in [-0.05, 0) is 38.0 Å². The second-order valence-electron chi connectivity index (χ2n) is 6.35. The summed E-state index contributed by atoms with van der Waals surface area (Å²) < 4.78 is -0.321. The minimum Gasteiger partial charge on any atom is -0.308 e. The summed E-state index contributed by atoms with van der Waals surface area (Å²) in [6.07, 6.45) is 0. The van der Waals surface area contributed by atoms with E-state index in [1.807, 2.05) is 27.7 Å². The number of carbonyl (C=O) groups is 1. The molecule has 2 rings (SSSR count). The van der Waals surface area contributed by atoms with E-state index >= 15 is 0 Å². The number of hydrogen-bond donors (Lipinski definition) is 1. The molecule has 1 aliphatic rings. The van der Waals surface area contributed by atoms with E-state index in [1.165, 1.54) is 0 Å². The molecule has 1 saturated heterocycles. The van der Waals surface area contributed by atoms with Crippen molar-refractivity contribution < 1.29 is 4.79 Å². The van der Waals surface area contributed by atoms with Crippen LogP contribution in [-0.2, 0) is 0 Å². The Bertz CT molecular complexity index is 657. The Morgan fingerprint density at radius 1 is 1.39 bits per heavy atom. The summed E-state index contributed by atoms with van der Waals surface area (Å²) in [5, 5.41) is 13.1. The molecule has 1 aliphatic heterocycles. The number of nitriles is 1. The van der Waals surface area contributed by atoms with Crippen LogP contribution in [0.2, 0.25) is 10.0 Å². The first-order valence-electron chi connectivity index (χ1n) is 7.29. The number of nitrogens with one attached hydrogen (secondary N) is 1. The Balaban J connectivity index is 2.27. The topological polar surface area (TPSA) is 56.1 Å². The monoisotopic (exact) mass is 371 g/mol. The number of hydrogen-bond acceptors (Lipinski definition) is 3. The molecule has 1 aromatic carbocycles. The maximum Gasteiger partial charge on any atom is 0.323 e.